The van der Waals surface area contributed by atoms with Crippen molar-refractivity contribution in [3.63, 3.8) is 0 Å². The van der Waals surface area contributed by atoms with Gasteiger partial charge in [0.1, 0.15) is 23.9 Å². The normalized spacial score (nSPS) is 14.2. The van der Waals surface area contributed by atoms with Gasteiger partial charge in [0, 0.05) is 10.9 Å². The van der Waals surface area contributed by atoms with Crippen molar-refractivity contribution in [2.24, 2.45) is 0 Å². The highest BCUT2D eigenvalue weighted by Gasteiger charge is 2.25. The first-order valence-electron chi connectivity index (χ1n) is 11.8. The van der Waals surface area contributed by atoms with E-state index in [0.717, 1.165) is 36.2 Å². The highest BCUT2D eigenvalue weighted by atomic mass is 32.1. The van der Waals surface area contributed by atoms with Gasteiger partial charge < -0.3 is 10.6 Å². The number of aryl methyl sites for hydroxylation is 1. The lowest BCUT2D eigenvalue weighted by Crippen LogP contribution is -2.36. The molecule has 33 heavy (non-hydrogen) atoms. The van der Waals surface area contributed by atoms with Gasteiger partial charge in [-0.25, -0.2) is 9.13 Å². The summed E-state index contributed by atoms with van der Waals surface area (Å²) in [5.74, 6) is -0.187. The van der Waals surface area contributed by atoms with E-state index in [4.69, 9.17) is 0 Å². The van der Waals surface area contributed by atoms with Crippen LogP contribution in [0.3, 0.4) is 0 Å². The molecule has 174 valence electrons. The van der Waals surface area contributed by atoms with Crippen LogP contribution in [0.15, 0.2) is 49.1 Å². The van der Waals surface area contributed by atoms with E-state index < -0.39 is 0 Å². The Bertz CT molecular complexity index is 1100. The second-order valence-electron chi connectivity index (χ2n) is 8.79. The van der Waals surface area contributed by atoms with Crippen molar-refractivity contribution < 1.29 is 14.2 Å². The van der Waals surface area contributed by atoms with E-state index in [1.54, 1.807) is 0 Å². The van der Waals surface area contributed by atoms with Crippen LogP contribution in [0.5, 0.6) is 0 Å². The minimum Gasteiger partial charge on any atom is -0.349 e. The molecule has 0 atom stereocenters. The molecule has 0 aliphatic heterocycles. The Hall–Kier alpha value is -2.93. The Kier molecular flexibility index (Phi) is 7.60. The second-order valence-corrected chi connectivity index (χ2v) is 10.0. The fourth-order valence-electron chi connectivity index (χ4n) is 4.59. The second kappa shape index (κ2) is 10.8. The van der Waals surface area contributed by atoms with Crippen LogP contribution in [0.4, 0.5) is 5.00 Å². The van der Waals surface area contributed by atoms with Gasteiger partial charge in [0.25, 0.3) is 11.8 Å². The SMILES string of the molecule is CCc1c(C)sc(NC(=O)Cn2cc[n+](Cc3ccccc3)c2)c1C(=O)NC1CCCCC1. The summed E-state index contributed by atoms with van der Waals surface area (Å²) in [5, 5.41) is 6.90. The fourth-order valence-corrected chi connectivity index (χ4v) is 5.75. The number of nitrogens with one attached hydrogen (secondary N) is 2. The number of nitrogens with zero attached hydrogens (tertiary/aromatic N) is 2. The summed E-state index contributed by atoms with van der Waals surface area (Å²) in [5.41, 5.74) is 2.88. The number of carbonyl (C=O) groups is 2. The van der Waals surface area contributed by atoms with Gasteiger partial charge in [-0.15, -0.1) is 11.3 Å². The van der Waals surface area contributed by atoms with E-state index in [0.29, 0.717) is 10.6 Å². The Balaban J connectivity index is 1.43. The molecule has 2 N–H and O–H groups in total. The van der Waals surface area contributed by atoms with Crippen LogP contribution in [0.25, 0.3) is 0 Å². The summed E-state index contributed by atoms with van der Waals surface area (Å²) in [6.45, 7) is 5.03. The molecule has 4 rings (SSSR count). The highest BCUT2D eigenvalue weighted by molar-refractivity contribution is 7.16. The number of thiophene rings is 1. The van der Waals surface area contributed by atoms with E-state index in [2.05, 4.69) is 34.3 Å². The zero-order valence-electron chi connectivity index (χ0n) is 19.5. The molecule has 6 nitrogen and oxygen atoms in total. The first-order chi connectivity index (χ1) is 16.0. The van der Waals surface area contributed by atoms with Crippen molar-refractivity contribution in [2.45, 2.75) is 71.5 Å². The molecule has 0 spiro atoms. The monoisotopic (exact) mass is 465 g/mol. The maximum absolute atomic E-state index is 13.2. The van der Waals surface area contributed by atoms with Gasteiger partial charge in [0.05, 0.1) is 5.56 Å². The summed E-state index contributed by atoms with van der Waals surface area (Å²) >= 11 is 1.49. The highest BCUT2D eigenvalue weighted by Crippen LogP contribution is 2.34. The molecule has 0 radical (unpaired) electrons. The van der Waals surface area contributed by atoms with Crippen molar-refractivity contribution in [3.05, 3.63) is 70.6 Å². The lowest BCUT2D eigenvalue weighted by molar-refractivity contribution is -0.687. The number of carbonyl (C=O) groups excluding carboxylic acids is 2. The Morgan fingerprint density at radius 2 is 1.91 bits per heavy atom. The van der Waals surface area contributed by atoms with Gasteiger partial charge in [-0.1, -0.05) is 56.5 Å². The van der Waals surface area contributed by atoms with Crippen molar-refractivity contribution >= 4 is 28.2 Å². The number of benzene rings is 1. The van der Waals surface area contributed by atoms with Gasteiger partial charge >= 0.3 is 0 Å². The largest absolute Gasteiger partial charge is 0.349 e. The molecule has 1 fully saturated rings. The molecule has 0 bridgehead atoms. The number of rotatable bonds is 8. The van der Waals surface area contributed by atoms with Crippen LogP contribution in [0.1, 0.15) is 65.4 Å². The minimum atomic E-state index is -0.131. The van der Waals surface area contributed by atoms with Gasteiger partial charge in [-0.2, -0.15) is 0 Å². The van der Waals surface area contributed by atoms with E-state index in [1.807, 2.05) is 48.4 Å². The Labute approximate surface area is 199 Å². The van der Waals surface area contributed by atoms with Crippen LogP contribution in [-0.4, -0.2) is 22.4 Å². The zero-order valence-corrected chi connectivity index (χ0v) is 20.3. The van der Waals surface area contributed by atoms with Crippen molar-refractivity contribution in [1.82, 2.24) is 9.88 Å². The predicted octanol–water partition coefficient (Wildman–Crippen LogP) is 4.46. The van der Waals surface area contributed by atoms with Crippen molar-refractivity contribution in [1.29, 1.82) is 0 Å². The van der Waals surface area contributed by atoms with E-state index >= 15 is 0 Å². The summed E-state index contributed by atoms with van der Waals surface area (Å²) in [4.78, 5) is 27.1. The number of imidazole rings is 1. The lowest BCUT2D eigenvalue weighted by Gasteiger charge is -2.23. The van der Waals surface area contributed by atoms with E-state index in [9.17, 15) is 9.59 Å². The Morgan fingerprint density at radius 3 is 2.64 bits per heavy atom. The molecule has 7 heteroatoms. The molecule has 0 unspecified atom stereocenters. The van der Waals surface area contributed by atoms with E-state index in [1.165, 1.54) is 36.2 Å². The van der Waals surface area contributed by atoms with Crippen LogP contribution in [0.2, 0.25) is 0 Å². The molecular weight excluding hydrogens is 432 g/mol. The topological polar surface area (TPSA) is 67.0 Å². The first-order valence-corrected chi connectivity index (χ1v) is 12.7. The van der Waals surface area contributed by atoms with Crippen LogP contribution in [-0.2, 0) is 24.3 Å². The Morgan fingerprint density at radius 1 is 1.15 bits per heavy atom. The molecule has 1 aliphatic carbocycles. The molecule has 2 heterocycles. The maximum Gasteiger partial charge on any atom is 0.267 e. The minimum absolute atomic E-state index is 0.0555. The van der Waals surface area contributed by atoms with Crippen LogP contribution in [0, 0.1) is 6.92 Å². The summed E-state index contributed by atoms with van der Waals surface area (Å²) in [6, 6.07) is 10.5. The summed E-state index contributed by atoms with van der Waals surface area (Å²) in [6.07, 6.45) is 12.2. The molecule has 2 amide bonds. The maximum atomic E-state index is 13.2. The number of hydrogen-bond donors (Lipinski definition) is 2. The number of amides is 2. The standard InChI is InChI=1S/C26H32N4O2S/c1-3-22-19(2)33-26(24(22)25(32)27-21-12-8-5-9-13-21)28-23(31)17-30-15-14-29(18-30)16-20-10-6-4-7-11-20/h4,6-7,10-11,14-15,18,21H,3,5,8-9,12-13,16-17H2,1-2H3,(H-,27,28,31,32)/p+1. The molecular formula is C26H33N4O2S+. The quantitative estimate of drug-likeness (QED) is 0.483. The van der Waals surface area contributed by atoms with Gasteiger partial charge in [-0.05, 0) is 37.3 Å². The average molecular weight is 466 g/mol. The summed E-state index contributed by atoms with van der Waals surface area (Å²) in [7, 11) is 0. The smallest absolute Gasteiger partial charge is 0.267 e. The average Bonchev–Trinajstić information content (AvgIpc) is 3.37. The molecule has 1 aliphatic rings. The number of aromatic nitrogens is 2. The van der Waals surface area contributed by atoms with Gasteiger partial charge in [0.2, 0.25) is 6.33 Å². The molecule has 0 saturated heterocycles. The predicted molar refractivity (Wildman–Crippen MR) is 132 cm³/mol. The fraction of sp³-hybridized carbons (Fsp3) is 0.423. The first kappa shape index (κ1) is 23.2. The van der Waals surface area contributed by atoms with Gasteiger partial charge in [-0.3, -0.25) is 9.59 Å². The van der Waals surface area contributed by atoms with Crippen LogP contribution >= 0.6 is 11.3 Å². The van der Waals surface area contributed by atoms with Crippen molar-refractivity contribution in [2.75, 3.05) is 5.32 Å². The molecule has 3 aromatic rings. The number of anilines is 1. The third-order valence-electron chi connectivity index (χ3n) is 6.26. The summed E-state index contributed by atoms with van der Waals surface area (Å²) < 4.78 is 3.91. The van der Waals surface area contributed by atoms with Crippen LogP contribution < -0.4 is 15.2 Å². The van der Waals surface area contributed by atoms with E-state index in [-0.39, 0.29) is 24.4 Å². The molecule has 1 aromatic carbocycles. The number of hydrogen-bond acceptors (Lipinski definition) is 3. The van der Waals surface area contributed by atoms with Crippen molar-refractivity contribution in [3.8, 4) is 0 Å². The molecule has 1 saturated carbocycles. The molecule has 2 aromatic heterocycles. The third kappa shape index (κ3) is 5.90. The van der Waals surface area contributed by atoms with Gasteiger partial charge in [0.15, 0.2) is 6.54 Å². The lowest BCUT2D eigenvalue weighted by atomic mass is 9.95. The third-order valence-corrected chi connectivity index (χ3v) is 7.33. The zero-order chi connectivity index (χ0) is 23.2.